The molecule has 0 aliphatic rings. The molecular weight excluding hydrogens is 282 g/mol. The standard InChI is InChI=1S/C13H20BrNO2/c1-4-10-7-8-11(17-10)12(16)15-13(5-2,6-3)9-14/h7-8H,4-6,9H2,1-3H3,(H,15,16). The van der Waals surface area contributed by atoms with Gasteiger partial charge < -0.3 is 9.73 Å². The summed E-state index contributed by atoms with van der Waals surface area (Å²) in [4.78, 5) is 12.0. The molecule has 1 aromatic heterocycles. The predicted molar refractivity (Wildman–Crippen MR) is 72.7 cm³/mol. The van der Waals surface area contributed by atoms with Crippen LogP contribution in [0, 0.1) is 0 Å². The molecule has 3 nitrogen and oxygen atoms in total. The first-order valence-electron chi connectivity index (χ1n) is 6.08. The van der Waals surface area contributed by atoms with Crippen molar-refractivity contribution in [3.05, 3.63) is 23.7 Å². The number of alkyl halides is 1. The Kier molecular flexibility index (Phi) is 5.25. The second kappa shape index (κ2) is 6.24. The van der Waals surface area contributed by atoms with Gasteiger partial charge >= 0.3 is 0 Å². The van der Waals surface area contributed by atoms with Gasteiger partial charge in [-0.05, 0) is 25.0 Å². The van der Waals surface area contributed by atoms with Gasteiger partial charge in [0.1, 0.15) is 5.76 Å². The molecule has 0 spiro atoms. The van der Waals surface area contributed by atoms with Crippen LogP contribution >= 0.6 is 15.9 Å². The van der Waals surface area contributed by atoms with E-state index in [4.69, 9.17) is 4.42 Å². The summed E-state index contributed by atoms with van der Waals surface area (Å²) in [5.41, 5.74) is -0.184. The molecule has 96 valence electrons. The molecule has 0 fully saturated rings. The highest BCUT2D eigenvalue weighted by atomic mass is 79.9. The Morgan fingerprint density at radius 3 is 2.41 bits per heavy atom. The van der Waals surface area contributed by atoms with E-state index >= 15 is 0 Å². The van der Waals surface area contributed by atoms with Crippen molar-refractivity contribution in [3.63, 3.8) is 0 Å². The third kappa shape index (κ3) is 3.35. The average molecular weight is 302 g/mol. The Morgan fingerprint density at radius 2 is 2.00 bits per heavy atom. The largest absolute Gasteiger partial charge is 0.456 e. The normalized spacial score (nSPS) is 11.5. The number of carbonyl (C=O) groups excluding carboxylic acids is 1. The van der Waals surface area contributed by atoms with Gasteiger partial charge in [0.25, 0.3) is 5.91 Å². The second-order valence-electron chi connectivity index (χ2n) is 4.19. The van der Waals surface area contributed by atoms with E-state index in [1.54, 1.807) is 6.07 Å². The highest BCUT2D eigenvalue weighted by Gasteiger charge is 2.28. The first-order chi connectivity index (χ1) is 8.10. The number of aryl methyl sites for hydroxylation is 1. The van der Waals surface area contributed by atoms with Gasteiger partial charge in [-0.1, -0.05) is 36.7 Å². The van der Waals surface area contributed by atoms with Crippen molar-refractivity contribution in [1.82, 2.24) is 5.32 Å². The molecule has 0 bridgehead atoms. The molecule has 0 saturated heterocycles. The van der Waals surface area contributed by atoms with Crippen molar-refractivity contribution < 1.29 is 9.21 Å². The maximum Gasteiger partial charge on any atom is 0.287 e. The van der Waals surface area contributed by atoms with Crippen LogP contribution in [0.15, 0.2) is 16.5 Å². The number of rotatable bonds is 6. The minimum absolute atomic E-state index is 0.132. The summed E-state index contributed by atoms with van der Waals surface area (Å²) in [6.45, 7) is 6.15. The number of carbonyl (C=O) groups is 1. The minimum Gasteiger partial charge on any atom is -0.456 e. The molecule has 0 aromatic carbocycles. The van der Waals surface area contributed by atoms with Crippen LogP contribution in [0.25, 0.3) is 0 Å². The number of nitrogens with one attached hydrogen (secondary N) is 1. The molecule has 4 heteroatoms. The Labute approximate surface area is 111 Å². The van der Waals surface area contributed by atoms with Gasteiger partial charge in [-0.15, -0.1) is 0 Å². The van der Waals surface area contributed by atoms with E-state index < -0.39 is 0 Å². The van der Waals surface area contributed by atoms with Crippen molar-refractivity contribution in [2.45, 2.75) is 45.6 Å². The van der Waals surface area contributed by atoms with E-state index in [9.17, 15) is 4.79 Å². The Morgan fingerprint density at radius 1 is 1.35 bits per heavy atom. The monoisotopic (exact) mass is 301 g/mol. The topological polar surface area (TPSA) is 42.2 Å². The summed E-state index contributed by atoms with van der Waals surface area (Å²) in [6.07, 6.45) is 2.59. The molecule has 1 N–H and O–H groups in total. The first kappa shape index (κ1) is 14.3. The van der Waals surface area contributed by atoms with E-state index in [1.165, 1.54) is 0 Å². The van der Waals surface area contributed by atoms with Crippen molar-refractivity contribution >= 4 is 21.8 Å². The van der Waals surface area contributed by atoms with Crippen molar-refractivity contribution in [1.29, 1.82) is 0 Å². The van der Waals surface area contributed by atoms with Gasteiger partial charge in [0.15, 0.2) is 5.76 Å². The highest BCUT2D eigenvalue weighted by Crippen LogP contribution is 2.19. The number of furan rings is 1. The number of hydrogen-bond donors (Lipinski definition) is 1. The molecule has 0 aliphatic heterocycles. The lowest BCUT2D eigenvalue weighted by atomic mass is 9.95. The molecular formula is C13H20BrNO2. The summed E-state index contributed by atoms with van der Waals surface area (Å²) >= 11 is 3.47. The van der Waals surface area contributed by atoms with Crippen molar-refractivity contribution in [2.24, 2.45) is 0 Å². The molecule has 0 atom stereocenters. The third-order valence-electron chi connectivity index (χ3n) is 3.22. The quantitative estimate of drug-likeness (QED) is 0.817. The van der Waals surface area contributed by atoms with Crippen LogP contribution in [0.1, 0.15) is 49.9 Å². The van der Waals surface area contributed by atoms with E-state index in [-0.39, 0.29) is 11.4 Å². The average Bonchev–Trinajstić information content (AvgIpc) is 2.85. The van der Waals surface area contributed by atoms with Crippen LogP contribution in [0.2, 0.25) is 0 Å². The van der Waals surface area contributed by atoms with Crippen LogP contribution in [-0.4, -0.2) is 16.8 Å². The number of hydrogen-bond acceptors (Lipinski definition) is 2. The van der Waals surface area contributed by atoms with E-state index in [0.29, 0.717) is 5.76 Å². The number of halogens is 1. The number of amides is 1. The van der Waals surface area contributed by atoms with Gasteiger partial charge in [-0.2, -0.15) is 0 Å². The zero-order chi connectivity index (χ0) is 12.9. The van der Waals surface area contributed by atoms with Crippen molar-refractivity contribution in [3.8, 4) is 0 Å². The fourth-order valence-corrected chi connectivity index (χ4v) is 2.57. The van der Waals surface area contributed by atoms with Crippen LogP contribution in [0.5, 0.6) is 0 Å². The zero-order valence-corrected chi connectivity index (χ0v) is 12.3. The van der Waals surface area contributed by atoms with Crippen LogP contribution in [-0.2, 0) is 6.42 Å². The summed E-state index contributed by atoms with van der Waals surface area (Å²) in [6, 6.07) is 3.58. The Hall–Kier alpha value is -0.770. The Bertz CT molecular complexity index is 361. The molecule has 0 aliphatic carbocycles. The smallest absolute Gasteiger partial charge is 0.287 e. The van der Waals surface area contributed by atoms with Gasteiger partial charge in [0, 0.05) is 17.3 Å². The summed E-state index contributed by atoms with van der Waals surface area (Å²) < 4.78 is 5.45. The molecule has 1 rings (SSSR count). The van der Waals surface area contributed by atoms with Crippen LogP contribution in [0.3, 0.4) is 0 Å². The fourth-order valence-electron chi connectivity index (χ4n) is 1.64. The molecule has 17 heavy (non-hydrogen) atoms. The van der Waals surface area contributed by atoms with Gasteiger partial charge in [0.05, 0.1) is 0 Å². The second-order valence-corrected chi connectivity index (χ2v) is 4.76. The van der Waals surface area contributed by atoms with Gasteiger partial charge in [-0.25, -0.2) is 0 Å². The van der Waals surface area contributed by atoms with Crippen LogP contribution < -0.4 is 5.32 Å². The molecule has 0 radical (unpaired) electrons. The highest BCUT2D eigenvalue weighted by molar-refractivity contribution is 9.09. The predicted octanol–water partition coefficient (Wildman–Crippen LogP) is 3.53. The molecule has 1 amide bonds. The zero-order valence-electron chi connectivity index (χ0n) is 10.7. The molecule has 1 aromatic rings. The maximum atomic E-state index is 12.0. The lowest BCUT2D eigenvalue weighted by Gasteiger charge is -2.30. The first-order valence-corrected chi connectivity index (χ1v) is 7.20. The molecule has 0 saturated carbocycles. The SMILES string of the molecule is CCc1ccc(C(=O)NC(CC)(CC)CBr)o1. The third-order valence-corrected chi connectivity index (χ3v) is 4.30. The molecule has 1 heterocycles. The van der Waals surface area contributed by atoms with Gasteiger partial charge in [-0.3, -0.25) is 4.79 Å². The lowest BCUT2D eigenvalue weighted by molar-refractivity contribution is 0.0873. The van der Waals surface area contributed by atoms with Gasteiger partial charge in [0.2, 0.25) is 0 Å². The van der Waals surface area contributed by atoms with E-state index in [0.717, 1.165) is 30.4 Å². The fraction of sp³-hybridized carbons (Fsp3) is 0.615. The summed E-state index contributed by atoms with van der Waals surface area (Å²) in [5.74, 6) is 1.11. The van der Waals surface area contributed by atoms with Crippen molar-refractivity contribution in [2.75, 3.05) is 5.33 Å². The summed E-state index contributed by atoms with van der Waals surface area (Å²) in [7, 11) is 0. The van der Waals surface area contributed by atoms with Crippen LogP contribution in [0.4, 0.5) is 0 Å². The molecule has 0 unspecified atom stereocenters. The summed E-state index contributed by atoms with van der Waals surface area (Å²) in [5, 5.41) is 3.80. The van der Waals surface area contributed by atoms with E-state index in [2.05, 4.69) is 35.1 Å². The minimum atomic E-state index is -0.184. The van der Waals surface area contributed by atoms with E-state index in [1.807, 2.05) is 13.0 Å². The Balaban J connectivity index is 2.77. The maximum absolute atomic E-state index is 12.0. The lowest BCUT2D eigenvalue weighted by Crippen LogP contribution is -2.49.